The number of hydrogen-bond donors (Lipinski definition) is 1. The first-order valence-corrected chi connectivity index (χ1v) is 4.02. The highest BCUT2D eigenvalue weighted by Crippen LogP contribution is 2.00. The molecule has 0 heterocycles. The van der Waals surface area contributed by atoms with Crippen LogP contribution in [0.15, 0.2) is 11.8 Å². The van der Waals surface area contributed by atoms with Crippen molar-refractivity contribution in [3.63, 3.8) is 0 Å². The Morgan fingerprint density at radius 3 is 2.08 bits per heavy atom. The van der Waals surface area contributed by atoms with E-state index < -0.39 is 11.7 Å². The number of ketones is 1. The molecule has 0 bridgehead atoms. The Morgan fingerprint density at radius 2 is 1.77 bits per heavy atom. The maximum absolute atomic E-state index is 11.1. The second-order valence-electron chi connectivity index (χ2n) is 3.29. The minimum absolute atomic E-state index is 0.211. The molecular formula is C9H15NO3. The van der Waals surface area contributed by atoms with E-state index in [2.05, 4.69) is 0 Å². The van der Waals surface area contributed by atoms with Gasteiger partial charge < -0.3 is 10.0 Å². The molecule has 1 amide bonds. The molecule has 74 valence electrons. The third kappa shape index (κ3) is 3.73. The maximum atomic E-state index is 11.1. The van der Waals surface area contributed by atoms with Gasteiger partial charge in [-0.2, -0.15) is 0 Å². The highest BCUT2D eigenvalue weighted by atomic mass is 16.3. The average Bonchev–Trinajstić information content (AvgIpc) is 2.02. The molecule has 0 aliphatic heterocycles. The van der Waals surface area contributed by atoms with Crippen molar-refractivity contribution >= 4 is 11.7 Å². The van der Waals surface area contributed by atoms with Crippen molar-refractivity contribution in [1.82, 2.24) is 4.90 Å². The lowest BCUT2D eigenvalue weighted by Crippen LogP contribution is -2.24. The normalized spacial score (nSPS) is 11.6. The Bertz CT molecular complexity index is 241. The van der Waals surface area contributed by atoms with Gasteiger partial charge >= 0.3 is 0 Å². The second kappa shape index (κ2) is 4.64. The van der Waals surface area contributed by atoms with Gasteiger partial charge in [-0.15, -0.1) is 0 Å². The first kappa shape index (κ1) is 11.7. The molecule has 0 aliphatic rings. The van der Waals surface area contributed by atoms with E-state index in [4.69, 9.17) is 5.11 Å². The fraction of sp³-hybridized carbons (Fsp3) is 0.556. The van der Waals surface area contributed by atoms with E-state index in [9.17, 15) is 9.59 Å². The zero-order valence-corrected chi connectivity index (χ0v) is 8.37. The Morgan fingerprint density at radius 1 is 1.31 bits per heavy atom. The molecule has 0 aromatic rings. The largest absolute Gasteiger partial charge is 0.503 e. The van der Waals surface area contributed by atoms with Crippen LogP contribution >= 0.6 is 0 Å². The number of carbonyl (C=O) groups is 2. The van der Waals surface area contributed by atoms with E-state index >= 15 is 0 Å². The van der Waals surface area contributed by atoms with Crippen LogP contribution in [0.1, 0.15) is 13.8 Å². The van der Waals surface area contributed by atoms with Gasteiger partial charge in [0.1, 0.15) is 0 Å². The summed E-state index contributed by atoms with van der Waals surface area (Å²) in [5.41, 5.74) is 0. The van der Waals surface area contributed by atoms with E-state index in [0.717, 1.165) is 6.08 Å². The predicted molar refractivity (Wildman–Crippen MR) is 49.3 cm³/mol. The Kier molecular flexibility index (Phi) is 4.17. The summed E-state index contributed by atoms with van der Waals surface area (Å²) >= 11 is 0. The van der Waals surface area contributed by atoms with Crippen LogP contribution in [-0.2, 0) is 9.59 Å². The molecule has 0 saturated carbocycles. The third-order valence-corrected chi connectivity index (χ3v) is 1.47. The van der Waals surface area contributed by atoms with E-state index in [1.165, 1.54) is 19.0 Å². The lowest BCUT2D eigenvalue weighted by Gasteiger charge is -2.08. The Balaban J connectivity index is 4.50. The van der Waals surface area contributed by atoms with Gasteiger partial charge in [0.05, 0.1) is 0 Å². The van der Waals surface area contributed by atoms with Crippen LogP contribution in [0.2, 0.25) is 0 Å². The molecule has 0 radical (unpaired) electrons. The number of amides is 1. The molecule has 0 spiro atoms. The van der Waals surface area contributed by atoms with Crippen molar-refractivity contribution < 1.29 is 14.7 Å². The zero-order valence-electron chi connectivity index (χ0n) is 8.37. The van der Waals surface area contributed by atoms with Crippen molar-refractivity contribution in [2.24, 2.45) is 5.92 Å². The van der Waals surface area contributed by atoms with E-state index in [1.807, 2.05) is 0 Å². The van der Waals surface area contributed by atoms with Crippen LogP contribution in [0.3, 0.4) is 0 Å². The summed E-state index contributed by atoms with van der Waals surface area (Å²) in [4.78, 5) is 23.3. The van der Waals surface area contributed by atoms with E-state index in [-0.39, 0.29) is 11.7 Å². The Labute approximate surface area is 77.8 Å². The highest BCUT2D eigenvalue weighted by molar-refractivity contribution is 6.00. The van der Waals surface area contributed by atoms with Gasteiger partial charge in [0, 0.05) is 26.1 Å². The number of likely N-dealkylation sites (N-methyl/N-ethyl adjacent to an activating group) is 1. The van der Waals surface area contributed by atoms with Crippen LogP contribution in [0.4, 0.5) is 0 Å². The summed E-state index contributed by atoms with van der Waals surface area (Å²) in [5.74, 6) is -1.54. The number of carbonyl (C=O) groups excluding carboxylic acids is 2. The van der Waals surface area contributed by atoms with Gasteiger partial charge in [-0.1, -0.05) is 13.8 Å². The number of hydrogen-bond acceptors (Lipinski definition) is 3. The van der Waals surface area contributed by atoms with Gasteiger partial charge in [0.2, 0.25) is 0 Å². The number of aliphatic hydroxyl groups excluding tert-OH is 1. The molecule has 1 N–H and O–H groups in total. The van der Waals surface area contributed by atoms with Gasteiger partial charge in [-0.25, -0.2) is 0 Å². The van der Waals surface area contributed by atoms with E-state index in [0.29, 0.717) is 0 Å². The van der Waals surface area contributed by atoms with Crippen LogP contribution in [0.25, 0.3) is 0 Å². The molecule has 4 heteroatoms. The van der Waals surface area contributed by atoms with Crippen LogP contribution in [-0.4, -0.2) is 35.8 Å². The molecular weight excluding hydrogens is 170 g/mol. The van der Waals surface area contributed by atoms with Crippen LogP contribution in [0.5, 0.6) is 0 Å². The monoisotopic (exact) mass is 185 g/mol. The van der Waals surface area contributed by atoms with Gasteiger partial charge in [-0.3, -0.25) is 9.59 Å². The molecule has 0 aromatic carbocycles. The van der Waals surface area contributed by atoms with Gasteiger partial charge in [-0.05, 0) is 0 Å². The molecule has 0 unspecified atom stereocenters. The third-order valence-electron chi connectivity index (χ3n) is 1.47. The summed E-state index contributed by atoms with van der Waals surface area (Å²) in [6, 6.07) is 0. The molecule has 0 fully saturated rings. The van der Waals surface area contributed by atoms with Crippen LogP contribution < -0.4 is 0 Å². The average molecular weight is 185 g/mol. The fourth-order valence-corrected chi connectivity index (χ4v) is 0.592. The molecule has 0 saturated heterocycles. The standard InChI is InChI=1S/C9H15NO3/c1-6(2)7(11)5-8(12)9(13)10(3)4/h5-6,12H,1-4H3/b8-5-. The number of nitrogens with zero attached hydrogens (tertiary/aromatic N) is 1. The first-order valence-electron chi connectivity index (χ1n) is 4.02. The number of aliphatic hydroxyl groups is 1. The summed E-state index contributed by atoms with van der Waals surface area (Å²) in [6.07, 6.45) is 0.965. The predicted octanol–water partition coefficient (Wildman–Crippen LogP) is 0.742. The van der Waals surface area contributed by atoms with E-state index in [1.54, 1.807) is 13.8 Å². The molecule has 0 rings (SSSR count). The fourth-order valence-electron chi connectivity index (χ4n) is 0.592. The SMILES string of the molecule is CC(C)C(=O)/C=C(\O)C(=O)N(C)C. The summed E-state index contributed by atoms with van der Waals surface area (Å²) in [5, 5.41) is 9.16. The summed E-state index contributed by atoms with van der Waals surface area (Å²) in [6.45, 7) is 3.40. The molecule has 13 heavy (non-hydrogen) atoms. The topological polar surface area (TPSA) is 57.6 Å². The van der Waals surface area contributed by atoms with Gasteiger partial charge in [0.25, 0.3) is 5.91 Å². The molecule has 0 aromatic heterocycles. The first-order chi connectivity index (χ1) is 5.86. The minimum Gasteiger partial charge on any atom is -0.503 e. The number of allylic oxidation sites excluding steroid dienone is 1. The van der Waals surface area contributed by atoms with Crippen LogP contribution in [0, 0.1) is 5.92 Å². The highest BCUT2D eigenvalue weighted by Gasteiger charge is 2.13. The number of rotatable bonds is 3. The summed E-state index contributed by atoms with van der Waals surface area (Å²) in [7, 11) is 3.01. The molecule has 4 nitrogen and oxygen atoms in total. The van der Waals surface area contributed by atoms with Crippen molar-refractivity contribution in [2.45, 2.75) is 13.8 Å². The molecule has 0 aliphatic carbocycles. The van der Waals surface area contributed by atoms with Crippen molar-refractivity contribution in [2.75, 3.05) is 14.1 Å². The minimum atomic E-state index is -0.561. The maximum Gasteiger partial charge on any atom is 0.288 e. The van der Waals surface area contributed by atoms with Crippen molar-refractivity contribution in [3.8, 4) is 0 Å². The molecule has 0 atom stereocenters. The van der Waals surface area contributed by atoms with Crippen molar-refractivity contribution in [3.05, 3.63) is 11.8 Å². The lowest BCUT2D eigenvalue weighted by molar-refractivity contribution is -0.128. The quantitative estimate of drug-likeness (QED) is 0.521. The summed E-state index contributed by atoms with van der Waals surface area (Å²) < 4.78 is 0. The van der Waals surface area contributed by atoms with Gasteiger partial charge in [0.15, 0.2) is 11.5 Å². The smallest absolute Gasteiger partial charge is 0.288 e. The Hall–Kier alpha value is -1.32. The lowest BCUT2D eigenvalue weighted by atomic mass is 10.1. The zero-order chi connectivity index (χ0) is 10.6. The van der Waals surface area contributed by atoms with Crippen molar-refractivity contribution in [1.29, 1.82) is 0 Å². The second-order valence-corrected chi connectivity index (χ2v) is 3.29.